The number of amides is 5. The molecule has 16 nitrogen and oxygen atoms in total. The highest BCUT2D eigenvalue weighted by molar-refractivity contribution is 6.25. The highest BCUT2D eigenvalue weighted by Crippen LogP contribution is 2.32. The van der Waals surface area contributed by atoms with Crippen LogP contribution < -0.4 is 10.6 Å². The van der Waals surface area contributed by atoms with Gasteiger partial charge in [0, 0.05) is 56.9 Å². The van der Waals surface area contributed by atoms with Gasteiger partial charge in [-0.1, -0.05) is 30.3 Å². The summed E-state index contributed by atoms with van der Waals surface area (Å²) in [6, 6.07) is 11.5. The van der Waals surface area contributed by atoms with E-state index < -0.39 is 29.7 Å². The molecule has 1 unspecified atom stereocenters. The second-order valence-electron chi connectivity index (χ2n) is 12.9. The second kappa shape index (κ2) is 21.3. The van der Waals surface area contributed by atoms with E-state index in [4.69, 9.17) is 23.7 Å². The van der Waals surface area contributed by atoms with E-state index in [-0.39, 0.29) is 29.9 Å². The number of carbonyl (C=O) groups excluding carboxylic acids is 6. The zero-order valence-corrected chi connectivity index (χ0v) is 30.5. The lowest BCUT2D eigenvalue weighted by Gasteiger charge is -2.34. The summed E-state index contributed by atoms with van der Waals surface area (Å²) in [5, 5.41) is 5.33. The quantitative estimate of drug-likeness (QED) is 0.0938. The van der Waals surface area contributed by atoms with Crippen molar-refractivity contribution in [2.75, 3.05) is 104 Å². The third-order valence-electron chi connectivity index (χ3n) is 9.23. The summed E-state index contributed by atoms with van der Waals surface area (Å²) in [5.74, 6) is -2.09. The summed E-state index contributed by atoms with van der Waals surface area (Å²) < 4.78 is 27.7. The van der Waals surface area contributed by atoms with Gasteiger partial charge in [-0.25, -0.2) is 0 Å². The Bertz CT molecular complexity index is 1600. The van der Waals surface area contributed by atoms with Gasteiger partial charge in [-0.05, 0) is 24.1 Å². The molecular formula is C38H49N5O11. The molecular weight excluding hydrogens is 702 g/mol. The predicted octanol–water partition coefficient (Wildman–Crippen LogP) is 1.13. The molecule has 3 aliphatic heterocycles. The van der Waals surface area contributed by atoms with E-state index in [9.17, 15) is 28.8 Å². The van der Waals surface area contributed by atoms with Crippen molar-refractivity contribution in [2.24, 2.45) is 0 Å². The Labute approximate surface area is 314 Å². The molecule has 3 aliphatic rings. The maximum absolute atomic E-state index is 13.2. The van der Waals surface area contributed by atoms with E-state index in [0.29, 0.717) is 103 Å². The van der Waals surface area contributed by atoms with Crippen LogP contribution in [0.15, 0.2) is 42.5 Å². The highest BCUT2D eigenvalue weighted by Gasteiger charge is 2.45. The standard InChI is InChI=1S/C38H49N5O11/c44-27-29-6-4-28(5-7-29)26-41-12-14-42(15-13-41)34(46)10-16-50-18-20-52-22-24-54-25-23-53-21-19-51-17-11-39-31-3-1-2-30-35(31)38(49)43(37(30)48)32-8-9-33(45)40-36(32)47/h1-7,27,32,39H,8-26H2,(H,40,45,47). The molecule has 0 aromatic heterocycles. The maximum Gasteiger partial charge on any atom is 0.264 e. The third kappa shape index (κ3) is 11.7. The fourth-order valence-corrected chi connectivity index (χ4v) is 6.33. The van der Waals surface area contributed by atoms with Crippen molar-refractivity contribution in [1.29, 1.82) is 0 Å². The SMILES string of the molecule is O=Cc1ccc(CN2CCN(C(=O)CCOCCOCCOCCOCCOCCNc3cccc4c3C(=O)N(C3CCC(=O)NC3=O)C4=O)CC2)cc1. The van der Waals surface area contributed by atoms with Gasteiger partial charge in [-0.3, -0.25) is 43.9 Å². The van der Waals surface area contributed by atoms with Crippen molar-refractivity contribution < 1.29 is 52.5 Å². The van der Waals surface area contributed by atoms with Crippen molar-refractivity contribution in [3.05, 3.63) is 64.7 Å². The number of rotatable bonds is 23. The van der Waals surface area contributed by atoms with Gasteiger partial charge in [0.2, 0.25) is 17.7 Å². The minimum atomic E-state index is -1.02. The summed E-state index contributed by atoms with van der Waals surface area (Å²) in [6.45, 7) is 8.07. The summed E-state index contributed by atoms with van der Waals surface area (Å²) in [6.07, 6.45) is 1.34. The number of nitrogens with one attached hydrogen (secondary N) is 2. The van der Waals surface area contributed by atoms with Crippen LogP contribution in [0.4, 0.5) is 5.69 Å². The molecule has 2 fully saturated rings. The average Bonchev–Trinajstić information content (AvgIpc) is 3.43. The Morgan fingerprint density at radius 2 is 1.37 bits per heavy atom. The average molecular weight is 752 g/mol. The smallest absolute Gasteiger partial charge is 0.264 e. The van der Waals surface area contributed by atoms with E-state index in [0.717, 1.165) is 36.4 Å². The molecule has 16 heteroatoms. The number of imide groups is 2. The van der Waals surface area contributed by atoms with E-state index in [2.05, 4.69) is 15.5 Å². The second-order valence-corrected chi connectivity index (χ2v) is 12.9. The Morgan fingerprint density at radius 1 is 0.759 bits per heavy atom. The number of fused-ring (bicyclic) bond motifs is 1. The van der Waals surface area contributed by atoms with Crippen LogP contribution in [0.25, 0.3) is 0 Å². The van der Waals surface area contributed by atoms with Crippen molar-refractivity contribution in [3.63, 3.8) is 0 Å². The summed E-state index contributed by atoms with van der Waals surface area (Å²) in [4.78, 5) is 78.4. The number of aldehydes is 1. The Kier molecular flexibility index (Phi) is 16.0. The zero-order valence-electron chi connectivity index (χ0n) is 30.5. The molecule has 292 valence electrons. The fraction of sp³-hybridized carbons (Fsp3) is 0.526. The molecule has 5 rings (SSSR count). The normalized spacial score (nSPS) is 17.5. The van der Waals surface area contributed by atoms with Crippen LogP contribution in [0, 0.1) is 0 Å². The van der Waals surface area contributed by atoms with Crippen molar-refractivity contribution >= 4 is 41.5 Å². The van der Waals surface area contributed by atoms with E-state index >= 15 is 0 Å². The molecule has 2 aromatic rings. The van der Waals surface area contributed by atoms with E-state index in [1.165, 1.54) is 0 Å². The summed E-state index contributed by atoms with van der Waals surface area (Å²) in [7, 11) is 0. The molecule has 2 saturated heterocycles. The third-order valence-corrected chi connectivity index (χ3v) is 9.23. The van der Waals surface area contributed by atoms with Crippen molar-refractivity contribution in [1.82, 2.24) is 20.0 Å². The molecule has 0 radical (unpaired) electrons. The summed E-state index contributed by atoms with van der Waals surface area (Å²) >= 11 is 0. The number of benzene rings is 2. The first-order valence-electron chi connectivity index (χ1n) is 18.4. The van der Waals surface area contributed by atoms with Crippen LogP contribution in [0.5, 0.6) is 0 Å². The number of nitrogens with zero attached hydrogens (tertiary/aromatic N) is 3. The van der Waals surface area contributed by atoms with Crippen LogP contribution >= 0.6 is 0 Å². The predicted molar refractivity (Wildman–Crippen MR) is 194 cm³/mol. The first kappa shape index (κ1) is 40.6. The lowest BCUT2D eigenvalue weighted by molar-refractivity contribution is -0.136. The van der Waals surface area contributed by atoms with Gasteiger partial charge >= 0.3 is 0 Å². The van der Waals surface area contributed by atoms with Crippen LogP contribution in [0.1, 0.15) is 55.9 Å². The molecule has 0 bridgehead atoms. The molecule has 2 aromatic carbocycles. The van der Waals surface area contributed by atoms with Gasteiger partial charge in [-0.2, -0.15) is 0 Å². The fourth-order valence-electron chi connectivity index (χ4n) is 6.33. The van der Waals surface area contributed by atoms with Gasteiger partial charge in [0.15, 0.2) is 0 Å². The molecule has 0 aliphatic carbocycles. The van der Waals surface area contributed by atoms with Crippen LogP contribution in [0.3, 0.4) is 0 Å². The number of carbonyl (C=O) groups is 6. The largest absolute Gasteiger partial charge is 0.382 e. The van der Waals surface area contributed by atoms with Crippen molar-refractivity contribution in [3.8, 4) is 0 Å². The molecule has 54 heavy (non-hydrogen) atoms. The number of hydrogen-bond acceptors (Lipinski definition) is 13. The van der Waals surface area contributed by atoms with Crippen LogP contribution in [0.2, 0.25) is 0 Å². The number of piperidine rings is 1. The zero-order chi connectivity index (χ0) is 38.1. The van der Waals surface area contributed by atoms with Gasteiger partial charge in [0.25, 0.3) is 11.8 Å². The first-order valence-corrected chi connectivity index (χ1v) is 18.4. The van der Waals surface area contributed by atoms with Gasteiger partial charge in [0.05, 0.1) is 83.6 Å². The van der Waals surface area contributed by atoms with Crippen LogP contribution in [-0.2, 0) is 44.6 Å². The number of hydrogen-bond donors (Lipinski definition) is 2. The summed E-state index contributed by atoms with van der Waals surface area (Å²) in [5.41, 5.74) is 2.71. The first-order chi connectivity index (χ1) is 26.4. The van der Waals surface area contributed by atoms with Gasteiger partial charge in [0.1, 0.15) is 12.3 Å². The van der Waals surface area contributed by atoms with E-state index in [1.54, 1.807) is 18.2 Å². The monoisotopic (exact) mass is 751 g/mol. The molecule has 5 amide bonds. The Morgan fingerprint density at radius 3 is 1.98 bits per heavy atom. The lowest BCUT2D eigenvalue weighted by atomic mass is 10.0. The Hall–Kier alpha value is -4.58. The topological polar surface area (TPSA) is 182 Å². The number of anilines is 1. The molecule has 0 saturated carbocycles. The van der Waals surface area contributed by atoms with Gasteiger partial charge < -0.3 is 33.9 Å². The minimum Gasteiger partial charge on any atom is -0.382 e. The van der Waals surface area contributed by atoms with Crippen molar-refractivity contribution in [2.45, 2.75) is 31.8 Å². The maximum atomic E-state index is 13.2. The molecule has 3 heterocycles. The Balaban J connectivity index is 0.800. The number of piperazine rings is 1. The lowest BCUT2D eigenvalue weighted by Crippen LogP contribution is -2.54. The highest BCUT2D eigenvalue weighted by atomic mass is 16.6. The van der Waals surface area contributed by atoms with Crippen LogP contribution in [-0.4, -0.2) is 155 Å². The molecule has 2 N–H and O–H groups in total. The van der Waals surface area contributed by atoms with Gasteiger partial charge in [-0.15, -0.1) is 0 Å². The minimum absolute atomic E-state index is 0.0620. The van der Waals surface area contributed by atoms with E-state index in [1.807, 2.05) is 29.2 Å². The molecule has 1 atom stereocenters. The molecule has 0 spiro atoms. The number of ether oxygens (including phenoxy) is 5.